The highest BCUT2D eigenvalue weighted by molar-refractivity contribution is 7.89. The number of imide groups is 1. The molecule has 7 nitrogen and oxygen atoms in total. The highest BCUT2D eigenvalue weighted by atomic mass is 35.6. The Bertz CT molecular complexity index is 935. The van der Waals surface area contributed by atoms with Crippen molar-refractivity contribution in [1.82, 2.24) is 9.21 Å². The Hall–Kier alpha value is -1.32. The van der Waals surface area contributed by atoms with Crippen LogP contribution < -0.4 is 0 Å². The average Bonchev–Trinajstić information content (AvgIpc) is 3.14. The standard InChI is InChI=1S/C20H26N2O5S.CHCl3/c1-14(2)18-13-21(28(25,26)17-6-4-15(3)5-7-17)9-8-16(18)12-19(23)22-10-11-27-20(22)24;2-1(3)4/h4-7,16,18H,1,8-13H2,2-3H3;1H/t16-,18-;/m0./s1. The molecule has 0 aromatic heterocycles. The predicted molar refractivity (Wildman–Crippen MR) is 125 cm³/mol. The van der Waals surface area contributed by atoms with Crippen molar-refractivity contribution < 1.29 is 22.7 Å². The van der Waals surface area contributed by atoms with Gasteiger partial charge in [-0.05, 0) is 44.2 Å². The number of hydrogen-bond acceptors (Lipinski definition) is 5. The van der Waals surface area contributed by atoms with Crippen LogP contribution in [0.25, 0.3) is 0 Å². The molecule has 0 spiro atoms. The number of carbonyl (C=O) groups excluding carboxylic acids is 2. The maximum Gasteiger partial charge on any atom is 0.416 e. The summed E-state index contributed by atoms with van der Waals surface area (Å²) in [7, 11) is -3.60. The molecule has 1 aromatic rings. The quantitative estimate of drug-likeness (QED) is 0.416. The van der Waals surface area contributed by atoms with E-state index in [2.05, 4.69) is 6.58 Å². The van der Waals surface area contributed by atoms with Gasteiger partial charge in [-0.3, -0.25) is 4.79 Å². The number of sulfonamides is 1. The summed E-state index contributed by atoms with van der Waals surface area (Å²) in [6, 6.07) is 6.80. The number of aryl methyl sites for hydroxylation is 1. The molecule has 0 N–H and O–H groups in total. The van der Waals surface area contributed by atoms with E-state index in [-0.39, 0.29) is 48.8 Å². The first-order valence-electron chi connectivity index (χ1n) is 10.0. The summed E-state index contributed by atoms with van der Waals surface area (Å²) in [5.41, 5.74) is 1.84. The zero-order valence-electron chi connectivity index (χ0n) is 18.0. The third-order valence-corrected chi connectivity index (χ3v) is 7.39. The monoisotopic (exact) mass is 524 g/mol. The third kappa shape index (κ3) is 7.09. The second-order valence-corrected chi connectivity index (χ2v) is 11.7. The van der Waals surface area contributed by atoms with Crippen molar-refractivity contribution in [1.29, 1.82) is 0 Å². The van der Waals surface area contributed by atoms with Crippen LogP contribution in [0.3, 0.4) is 0 Å². The molecule has 2 aliphatic heterocycles. The smallest absolute Gasteiger partial charge is 0.416 e. The maximum absolute atomic E-state index is 13.0. The second kappa shape index (κ2) is 11.7. The summed E-state index contributed by atoms with van der Waals surface area (Å²) < 4.78 is 31.6. The number of rotatable bonds is 5. The van der Waals surface area contributed by atoms with Crippen LogP contribution in [0.2, 0.25) is 0 Å². The number of cyclic esters (lactones) is 1. The summed E-state index contributed by atoms with van der Waals surface area (Å²) >= 11 is 14.4. The molecule has 32 heavy (non-hydrogen) atoms. The molecule has 2 aliphatic rings. The summed E-state index contributed by atoms with van der Waals surface area (Å²) in [6.45, 7) is 8.90. The molecule has 11 heteroatoms. The van der Waals surface area contributed by atoms with Crippen LogP contribution in [0.15, 0.2) is 41.3 Å². The summed E-state index contributed by atoms with van der Waals surface area (Å²) in [4.78, 5) is 25.5. The lowest BCUT2D eigenvalue weighted by molar-refractivity contribution is -0.129. The van der Waals surface area contributed by atoms with Crippen LogP contribution in [-0.2, 0) is 19.6 Å². The van der Waals surface area contributed by atoms with Crippen molar-refractivity contribution in [3.05, 3.63) is 42.0 Å². The summed E-state index contributed by atoms with van der Waals surface area (Å²) in [5, 5.41) is 0. The van der Waals surface area contributed by atoms with Crippen molar-refractivity contribution >= 4 is 56.8 Å². The second-order valence-electron chi connectivity index (χ2n) is 7.79. The van der Waals surface area contributed by atoms with E-state index < -0.39 is 20.4 Å². The van der Waals surface area contributed by atoms with Crippen molar-refractivity contribution in [2.24, 2.45) is 11.8 Å². The average molecular weight is 526 g/mol. The van der Waals surface area contributed by atoms with Gasteiger partial charge in [-0.25, -0.2) is 18.1 Å². The van der Waals surface area contributed by atoms with Gasteiger partial charge < -0.3 is 4.74 Å². The Balaban J connectivity index is 0.000000837. The van der Waals surface area contributed by atoms with E-state index in [1.54, 1.807) is 24.3 Å². The fourth-order valence-electron chi connectivity index (χ4n) is 3.81. The molecule has 1 aromatic carbocycles. The molecule has 2 amide bonds. The van der Waals surface area contributed by atoms with Gasteiger partial charge in [0, 0.05) is 19.5 Å². The number of nitrogens with zero attached hydrogens (tertiary/aromatic N) is 2. The first-order chi connectivity index (χ1) is 14.9. The van der Waals surface area contributed by atoms with Crippen LogP contribution >= 0.6 is 34.8 Å². The highest BCUT2D eigenvalue weighted by Gasteiger charge is 2.38. The lowest BCUT2D eigenvalue weighted by Gasteiger charge is -2.38. The molecule has 0 radical (unpaired) electrons. The van der Waals surface area contributed by atoms with E-state index in [4.69, 9.17) is 39.5 Å². The van der Waals surface area contributed by atoms with Crippen LogP contribution in [0.4, 0.5) is 4.79 Å². The maximum atomic E-state index is 13.0. The SMILES string of the molecule is C=C(C)[C@@H]1CN(S(=O)(=O)c2ccc(C)cc2)CC[C@H]1CC(=O)N1CCOC1=O.ClC(Cl)Cl. The van der Waals surface area contributed by atoms with Gasteiger partial charge in [0.05, 0.1) is 11.4 Å². The lowest BCUT2D eigenvalue weighted by Crippen LogP contribution is -2.45. The first kappa shape index (κ1) is 26.9. The molecule has 0 unspecified atom stereocenters. The lowest BCUT2D eigenvalue weighted by atomic mass is 9.80. The molecule has 2 atom stereocenters. The fraction of sp³-hybridized carbons (Fsp3) is 0.524. The number of hydrogen-bond donors (Lipinski definition) is 0. The number of ether oxygens (including phenoxy) is 1. The van der Waals surface area contributed by atoms with E-state index in [0.29, 0.717) is 13.0 Å². The molecule has 2 saturated heterocycles. The fourth-order valence-corrected chi connectivity index (χ4v) is 5.29. The number of piperidine rings is 1. The van der Waals surface area contributed by atoms with Crippen LogP contribution in [0.1, 0.15) is 25.3 Å². The highest BCUT2D eigenvalue weighted by Crippen LogP contribution is 2.34. The Labute approximate surface area is 204 Å². The number of alkyl halides is 3. The Morgan fingerprint density at radius 2 is 1.81 bits per heavy atom. The van der Waals surface area contributed by atoms with Gasteiger partial charge in [0.2, 0.25) is 15.9 Å². The van der Waals surface area contributed by atoms with Crippen molar-refractivity contribution in [3.63, 3.8) is 0 Å². The van der Waals surface area contributed by atoms with Crippen LogP contribution in [0, 0.1) is 18.8 Å². The van der Waals surface area contributed by atoms with Crippen LogP contribution in [-0.4, -0.2) is 60.2 Å². The van der Waals surface area contributed by atoms with E-state index >= 15 is 0 Å². The minimum Gasteiger partial charge on any atom is -0.447 e. The molecule has 2 heterocycles. The minimum absolute atomic E-state index is 0.0529. The van der Waals surface area contributed by atoms with Gasteiger partial charge in [0.15, 0.2) is 4.30 Å². The van der Waals surface area contributed by atoms with Gasteiger partial charge in [0.25, 0.3) is 0 Å². The normalized spacial score (nSPS) is 21.7. The topological polar surface area (TPSA) is 84.0 Å². The van der Waals surface area contributed by atoms with Crippen molar-refractivity contribution in [2.75, 3.05) is 26.2 Å². The zero-order chi connectivity index (χ0) is 24.1. The summed E-state index contributed by atoms with van der Waals surface area (Å²) in [6.07, 6.45) is 0.124. The third-order valence-electron chi connectivity index (χ3n) is 5.51. The van der Waals surface area contributed by atoms with Gasteiger partial charge in [-0.2, -0.15) is 4.31 Å². The Morgan fingerprint density at radius 3 is 2.31 bits per heavy atom. The number of halogens is 3. The summed E-state index contributed by atoms with van der Waals surface area (Å²) in [5.74, 6) is -0.465. The van der Waals surface area contributed by atoms with E-state index in [0.717, 1.165) is 16.0 Å². The zero-order valence-corrected chi connectivity index (χ0v) is 21.1. The van der Waals surface area contributed by atoms with Gasteiger partial charge in [0.1, 0.15) is 6.61 Å². The number of benzene rings is 1. The van der Waals surface area contributed by atoms with Crippen LogP contribution in [0.5, 0.6) is 0 Å². The largest absolute Gasteiger partial charge is 0.447 e. The molecule has 3 rings (SSSR count). The molecule has 178 valence electrons. The van der Waals surface area contributed by atoms with Crippen molar-refractivity contribution in [2.45, 2.75) is 35.9 Å². The van der Waals surface area contributed by atoms with Gasteiger partial charge in [-0.1, -0.05) is 64.7 Å². The molecule has 0 bridgehead atoms. The number of carbonyl (C=O) groups is 2. The van der Waals surface area contributed by atoms with E-state index in [9.17, 15) is 18.0 Å². The number of amides is 2. The van der Waals surface area contributed by atoms with E-state index in [1.165, 1.54) is 4.31 Å². The van der Waals surface area contributed by atoms with Gasteiger partial charge in [-0.15, -0.1) is 0 Å². The first-order valence-corrected chi connectivity index (χ1v) is 12.8. The Kier molecular flexibility index (Phi) is 9.85. The molecular formula is C21H27Cl3N2O5S. The Morgan fingerprint density at radius 1 is 1.22 bits per heavy atom. The van der Waals surface area contributed by atoms with Gasteiger partial charge >= 0.3 is 6.09 Å². The molecular weight excluding hydrogens is 499 g/mol. The molecule has 0 saturated carbocycles. The minimum atomic E-state index is -3.60. The molecule has 2 fully saturated rings. The predicted octanol–water partition coefficient (Wildman–Crippen LogP) is 4.55. The molecule has 0 aliphatic carbocycles. The van der Waals surface area contributed by atoms with E-state index in [1.807, 2.05) is 13.8 Å². The van der Waals surface area contributed by atoms with Crippen molar-refractivity contribution in [3.8, 4) is 0 Å².